The molecule has 2 aromatic carbocycles. The van der Waals surface area contributed by atoms with Crippen LogP contribution in [0.25, 0.3) is 0 Å². The lowest BCUT2D eigenvalue weighted by molar-refractivity contribution is 0.521. The maximum Gasteiger partial charge on any atom is 0.0148 e. The molecule has 1 unspecified atom stereocenters. The summed E-state index contributed by atoms with van der Waals surface area (Å²) < 4.78 is 0. The lowest BCUT2D eigenvalue weighted by Gasteiger charge is -2.18. The van der Waals surface area contributed by atoms with Gasteiger partial charge in [-0.25, -0.2) is 0 Å². The summed E-state index contributed by atoms with van der Waals surface area (Å²) in [6.07, 6.45) is 2.17. The topological polar surface area (TPSA) is 12.0 Å². The molecular formula is C20H27N. The van der Waals surface area contributed by atoms with E-state index < -0.39 is 0 Å². The molecular weight excluding hydrogens is 254 g/mol. The van der Waals surface area contributed by atoms with E-state index in [9.17, 15) is 0 Å². The highest BCUT2D eigenvalue weighted by Gasteiger charge is 2.09. The lowest BCUT2D eigenvalue weighted by atomic mass is 9.96. The second-order valence-corrected chi connectivity index (χ2v) is 6.04. The Kier molecular flexibility index (Phi) is 6.01. The van der Waals surface area contributed by atoms with Gasteiger partial charge in [-0.05, 0) is 42.0 Å². The Morgan fingerprint density at radius 3 is 1.90 bits per heavy atom. The average molecular weight is 281 g/mol. The molecule has 0 saturated heterocycles. The molecule has 0 bridgehead atoms. The molecule has 0 spiro atoms. The molecule has 2 rings (SSSR count). The fraction of sp³-hybridized carbons (Fsp3) is 0.400. The largest absolute Gasteiger partial charge is 0.314 e. The number of nitrogens with one attached hydrogen (secondary N) is 1. The van der Waals surface area contributed by atoms with E-state index in [0.717, 1.165) is 19.4 Å². The van der Waals surface area contributed by atoms with Crippen LogP contribution in [0, 0.1) is 0 Å². The zero-order valence-corrected chi connectivity index (χ0v) is 13.5. The first-order chi connectivity index (χ1) is 10.2. The minimum Gasteiger partial charge on any atom is -0.314 e. The second kappa shape index (κ2) is 7.99. The summed E-state index contributed by atoms with van der Waals surface area (Å²) in [5.74, 6) is 0.605. The Morgan fingerprint density at radius 1 is 0.810 bits per heavy atom. The van der Waals surface area contributed by atoms with Crippen LogP contribution >= 0.6 is 0 Å². The van der Waals surface area contributed by atoms with Gasteiger partial charge in [-0.3, -0.25) is 0 Å². The van der Waals surface area contributed by atoms with Crippen LogP contribution in [-0.4, -0.2) is 12.6 Å². The summed E-state index contributed by atoms with van der Waals surface area (Å²) in [5.41, 5.74) is 4.24. The first kappa shape index (κ1) is 15.8. The summed E-state index contributed by atoms with van der Waals surface area (Å²) >= 11 is 0. The molecule has 0 fully saturated rings. The first-order valence-electron chi connectivity index (χ1n) is 8.05. The van der Waals surface area contributed by atoms with Crippen LogP contribution in [0.1, 0.15) is 43.4 Å². The minimum atomic E-state index is 0.502. The quantitative estimate of drug-likeness (QED) is 0.783. The molecule has 1 nitrogen and oxygen atoms in total. The third kappa shape index (κ3) is 5.02. The Morgan fingerprint density at radius 2 is 1.38 bits per heavy atom. The number of likely N-dealkylation sites (N-methyl/N-ethyl adjacent to an activating group) is 1. The van der Waals surface area contributed by atoms with Crippen molar-refractivity contribution in [2.24, 2.45) is 0 Å². The second-order valence-electron chi connectivity index (χ2n) is 6.04. The first-order valence-corrected chi connectivity index (χ1v) is 8.05. The van der Waals surface area contributed by atoms with E-state index in [1.165, 1.54) is 16.7 Å². The third-order valence-corrected chi connectivity index (χ3v) is 3.95. The van der Waals surface area contributed by atoms with Crippen molar-refractivity contribution in [1.82, 2.24) is 5.32 Å². The van der Waals surface area contributed by atoms with Gasteiger partial charge in [0.1, 0.15) is 0 Å². The zero-order chi connectivity index (χ0) is 15.1. The van der Waals surface area contributed by atoms with Crippen molar-refractivity contribution in [3.8, 4) is 0 Å². The molecule has 0 saturated carbocycles. The predicted octanol–water partition coefficient (Wildman–Crippen LogP) is 4.57. The van der Waals surface area contributed by atoms with Crippen LogP contribution in [0.2, 0.25) is 0 Å². The predicted molar refractivity (Wildman–Crippen MR) is 91.8 cm³/mol. The van der Waals surface area contributed by atoms with E-state index in [4.69, 9.17) is 0 Å². The molecule has 1 heteroatoms. The van der Waals surface area contributed by atoms with Crippen molar-refractivity contribution in [1.29, 1.82) is 0 Å². The highest BCUT2D eigenvalue weighted by atomic mass is 14.9. The molecule has 0 amide bonds. The van der Waals surface area contributed by atoms with Crippen molar-refractivity contribution in [3.63, 3.8) is 0 Å². The molecule has 0 aliphatic rings. The van der Waals surface area contributed by atoms with Gasteiger partial charge in [0.2, 0.25) is 0 Å². The van der Waals surface area contributed by atoms with Crippen LogP contribution in [0.5, 0.6) is 0 Å². The van der Waals surface area contributed by atoms with Crippen molar-refractivity contribution in [2.75, 3.05) is 6.54 Å². The van der Waals surface area contributed by atoms with E-state index in [-0.39, 0.29) is 0 Å². The average Bonchev–Trinajstić information content (AvgIpc) is 2.49. The highest BCUT2D eigenvalue weighted by Crippen LogP contribution is 2.16. The molecule has 21 heavy (non-hydrogen) atoms. The Labute approximate surface area is 129 Å². The zero-order valence-electron chi connectivity index (χ0n) is 13.5. The lowest BCUT2D eigenvalue weighted by Crippen LogP contribution is -2.33. The fourth-order valence-corrected chi connectivity index (χ4v) is 2.73. The van der Waals surface area contributed by atoms with Gasteiger partial charge >= 0.3 is 0 Å². The molecule has 0 radical (unpaired) electrons. The van der Waals surface area contributed by atoms with Gasteiger partial charge in [-0.15, -0.1) is 0 Å². The van der Waals surface area contributed by atoms with E-state index in [1.54, 1.807) is 0 Å². The molecule has 112 valence electrons. The summed E-state index contributed by atoms with van der Waals surface area (Å²) in [5, 5.41) is 3.62. The smallest absolute Gasteiger partial charge is 0.0148 e. The monoisotopic (exact) mass is 281 g/mol. The summed E-state index contributed by atoms with van der Waals surface area (Å²) in [6, 6.07) is 20.4. The van der Waals surface area contributed by atoms with Crippen molar-refractivity contribution in [2.45, 2.75) is 45.6 Å². The maximum atomic E-state index is 3.62. The molecule has 2 aromatic rings. The molecule has 0 aliphatic heterocycles. The number of benzene rings is 2. The van der Waals surface area contributed by atoms with Gasteiger partial charge in [-0.1, -0.05) is 75.4 Å². The summed E-state index contributed by atoms with van der Waals surface area (Å²) in [6.45, 7) is 7.68. The molecule has 1 atom stereocenters. The minimum absolute atomic E-state index is 0.502. The maximum absolute atomic E-state index is 3.62. The SMILES string of the molecule is CCNC(Cc1ccccc1)Cc1ccc(C(C)C)cc1. The van der Waals surface area contributed by atoms with Crippen molar-refractivity contribution >= 4 is 0 Å². The van der Waals surface area contributed by atoms with Crippen LogP contribution in [0.4, 0.5) is 0 Å². The number of hydrogen-bond acceptors (Lipinski definition) is 1. The van der Waals surface area contributed by atoms with Crippen molar-refractivity contribution < 1.29 is 0 Å². The van der Waals surface area contributed by atoms with Crippen LogP contribution in [0.3, 0.4) is 0 Å². The van der Waals surface area contributed by atoms with Gasteiger partial charge in [0.15, 0.2) is 0 Å². The van der Waals surface area contributed by atoms with Gasteiger partial charge in [0, 0.05) is 6.04 Å². The van der Waals surface area contributed by atoms with Gasteiger partial charge in [0.05, 0.1) is 0 Å². The van der Waals surface area contributed by atoms with E-state index in [1.807, 2.05) is 0 Å². The summed E-state index contributed by atoms with van der Waals surface area (Å²) in [7, 11) is 0. The van der Waals surface area contributed by atoms with Crippen LogP contribution in [-0.2, 0) is 12.8 Å². The molecule has 0 heterocycles. The number of hydrogen-bond donors (Lipinski definition) is 1. The molecule has 0 aromatic heterocycles. The van der Waals surface area contributed by atoms with E-state index >= 15 is 0 Å². The Hall–Kier alpha value is -1.60. The van der Waals surface area contributed by atoms with Crippen LogP contribution < -0.4 is 5.32 Å². The highest BCUT2D eigenvalue weighted by molar-refractivity contribution is 5.26. The molecule has 0 aliphatic carbocycles. The Bertz CT molecular complexity index is 513. The number of rotatable bonds is 7. The normalized spacial score (nSPS) is 12.6. The van der Waals surface area contributed by atoms with Gasteiger partial charge < -0.3 is 5.32 Å². The Balaban J connectivity index is 2.02. The van der Waals surface area contributed by atoms with Gasteiger partial charge in [0.25, 0.3) is 0 Å². The molecule has 1 N–H and O–H groups in total. The van der Waals surface area contributed by atoms with E-state index in [0.29, 0.717) is 12.0 Å². The van der Waals surface area contributed by atoms with Crippen molar-refractivity contribution in [3.05, 3.63) is 71.3 Å². The summed E-state index contributed by atoms with van der Waals surface area (Å²) in [4.78, 5) is 0. The fourth-order valence-electron chi connectivity index (χ4n) is 2.73. The third-order valence-electron chi connectivity index (χ3n) is 3.95. The van der Waals surface area contributed by atoms with Gasteiger partial charge in [-0.2, -0.15) is 0 Å². The van der Waals surface area contributed by atoms with E-state index in [2.05, 4.69) is 80.7 Å². The van der Waals surface area contributed by atoms with Crippen LogP contribution in [0.15, 0.2) is 54.6 Å². The standard InChI is InChI=1S/C20H27N/c1-4-21-20(14-17-8-6-5-7-9-17)15-18-10-12-19(13-11-18)16(2)3/h5-13,16,20-21H,4,14-15H2,1-3H3.